The third-order valence-corrected chi connectivity index (χ3v) is 22.4. The van der Waals surface area contributed by atoms with Gasteiger partial charge in [0.2, 0.25) is 0 Å². The lowest BCUT2D eigenvalue weighted by atomic mass is 9.92. The van der Waals surface area contributed by atoms with E-state index in [4.69, 9.17) is 0 Å². The zero-order chi connectivity index (χ0) is 73.5. The summed E-state index contributed by atoms with van der Waals surface area (Å²) < 4.78 is 9.56. The molecule has 0 N–H and O–H groups in total. The van der Waals surface area contributed by atoms with Crippen molar-refractivity contribution in [3.63, 3.8) is 0 Å². The second-order valence-corrected chi connectivity index (χ2v) is 29.6. The third-order valence-electron chi connectivity index (χ3n) is 22.4. The summed E-state index contributed by atoms with van der Waals surface area (Å²) in [4.78, 5) is 0. The van der Waals surface area contributed by atoms with Crippen molar-refractivity contribution in [2.24, 2.45) is 0 Å². The number of hydrogen-bond donors (Lipinski definition) is 0. The molecule has 0 atom stereocenters. The van der Waals surface area contributed by atoms with E-state index in [1.807, 2.05) is 0 Å². The van der Waals surface area contributed by atoms with Gasteiger partial charge >= 0.3 is 0 Å². The van der Waals surface area contributed by atoms with Crippen LogP contribution in [0.3, 0.4) is 0 Å². The van der Waals surface area contributed by atoms with Crippen LogP contribution in [-0.4, -0.2) is 18.3 Å². The monoisotopic (exact) mass is 1400 g/mol. The molecule has 0 bridgehead atoms. The van der Waals surface area contributed by atoms with E-state index < -0.39 is 0 Å². The molecule has 0 spiro atoms. The number of hydrogen-bond acceptors (Lipinski definition) is 0. The van der Waals surface area contributed by atoms with Crippen molar-refractivity contribution < 1.29 is 0 Å². The normalized spacial score (nSPS) is 11.6. The van der Waals surface area contributed by atoms with E-state index in [1.54, 1.807) is 0 Å². The van der Waals surface area contributed by atoms with Gasteiger partial charge in [0.25, 0.3) is 0 Å². The molecule has 0 unspecified atom stereocenters. The van der Waals surface area contributed by atoms with E-state index in [1.165, 1.54) is 187 Å². The van der Waals surface area contributed by atoms with Gasteiger partial charge < -0.3 is 18.3 Å². The Morgan fingerprint density at radius 3 is 0.536 bits per heavy atom. The Hall–Kier alpha value is -14.1. The first-order valence-electron chi connectivity index (χ1n) is 38.1. The van der Waals surface area contributed by atoms with Gasteiger partial charge in [0.1, 0.15) is 0 Å². The molecule has 4 aromatic heterocycles. The van der Waals surface area contributed by atoms with Gasteiger partial charge in [-0.15, -0.1) is 0 Å². The number of benzene rings is 17. The highest BCUT2D eigenvalue weighted by atomic mass is 15.0. The first-order chi connectivity index (χ1) is 54.1. The summed E-state index contributed by atoms with van der Waals surface area (Å²) in [5, 5.41) is 10.3. The summed E-state index contributed by atoms with van der Waals surface area (Å²) in [6, 6.07) is 143. The number of rotatable bonds is 11. The maximum Gasteiger partial charge on any atom is 0.0541 e. The van der Waals surface area contributed by atoms with Gasteiger partial charge in [0, 0.05) is 65.8 Å². The van der Waals surface area contributed by atoms with Crippen molar-refractivity contribution in [2.75, 3.05) is 0 Å². The van der Waals surface area contributed by atoms with Crippen molar-refractivity contribution in [3.8, 4) is 101 Å². The molecule has 0 aliphatic heterocycles. The third kappa shape index (κ3) is 11.6. The molecule has 0 amide bonds. The number of fused-ring (bicyclic) bond motifs is 12. The fourth-order valence-corrected chi connectivity index (χ4v) is 17.0. The summed E-state index contributed by atoms with van der Waals surface area (Å²) >= 11 is 0. The van der Waals surface area contributed by atoms with Crippen LogP contribution in [0.4, 0.5) is 0 Å². The van der Waals surface area contributed by atoms with Crippen molar-refractivity contribution in [3.05, 3.63) is 411 Å². The SMILES string of the molecule is Cc1ccc2c(c1)c1cc(C)ccc1n2-c1ccc(-c2cc(-c3ccc(-c4ccccc4)cc3)cc(-c3ccc(-n4c5ccc(C)cc5c5cc(C)ccc54)cc3)c2)cc1.c1ccc(-c2cc(-c3ccc(-n4c5ccccc5c5ccccc54)cc3)cc(-c3ccc(-n4c5ccccc5c5ccccc54)cc3)c2)cc1. The number of aromatic nitrogens is 4. The Bertz CT molecular complexity index is 6520. The second kappa shape index (κ2) is 27.1. The quantitative estimate of drug-likeness (QED) is 0.123. The zero-order valence-corrected chi connectivity index (χ0v) is 61.7. The predicted molar refractivity (Wildman–Crippen MR) is 467 cm³/mol. The Labute approximate surface area is 640 Å². The highest BCUT2D eigenvalue weighted by Crippen LogP contribution is 2.42. The van der Waals surface area contributed by atoms with Crippen molar-refractivity contribution in [1.29, 1.82) is 0 Å². The van der Waals surface area contributed by atoms with Crippen LogP contribution in [-0.2, 0) is 0 Å². The first-order valence-corrected chi connectivity index (χ1v) is 38.1. The molecule has 0 saturated heterocycles. The molecule has 4 nitrogen and oxygen atoms in total. The van der Waals surface area contributed by atoms with Crippen LogP contribution in [0.2, 0.25) is 0 Å². The fraction of sp³-hybridized carbons (Fsp3) is 0.0377. The summed E-state index contributed by atoms with van der Waals surface area (Å²) in [5.74, 6) is 0. The molecular formula is C106H76N4. The molecule has 110 heavy (non-hydrogen) atoms. The van der Waals surface area contributed by atoms with Crippen molar-refractivity contribution in [1.82, 2.24) is 18.3 Å². The lowest BCUT2D eigenvalue weighted by Gasteiger charge is -2.14. The summed E-state index contributed by atoms with van der Waals surface area (Å²) in [5.41, 5.74) is 36.3. The minimum Gasteiger partial charge on any atom is -0.309 e. The predicted octanol–water partition coefficient (Wildman–Crippen LogP) is 28.7. The Kier molecular flexibility index (Phi) is 16.1. The smallest absolute Gasteiger partial charge is 0.0541 e. The molecule has 21 rings (SSSR count). The van der Waals surface area contributed by atoms with E-state index >= 15 is 0 Å². The van der Waals surface area contributed by atoms with Gasteiger partial charge in [-0.1, -0.05) is 253 Å². The van der Waals surface area contributed by atoms with E-state index in [0.29, 0.717) is 0 Å². The van der Waals surface area contributed by atoms with E-state index in [0.717, 1.165) is 22.7 Å². The molecule has 4 heteroatoms. The number of nitrogens with zero attached hydrogens (tertiary/aromatic N) is 4. The molecule has 0 fully saturated rings. The van der Waals surface area contributed by atoms with E-state index in [9.17, 15) is 0 Å². The maximum absolute atomic E-state index is 2.41. The minimum atomic E-state index is 1.16. The minimum absolute atomic E-state index is 1.16. The summed E-state index contributed by atoms with van der Waals surface area (Å²) in [7, 11) is 0. The average molecular weight is 1410 g/mol. The Balaban J connectivity index is 0.000000146. The van der Waals surface area contributed by atoms with Crippen molar-refractivity contribution >= 4 is 87.2 Å². The van der Waals surface area contributed by atoms with Gasteiger partial charge in [-0.3, -0.25) is 0 Å². The Morgan fingerprint density at radius 1 is 0.127 bits per heavy atom. The molecule has 520 valence electrons. The van der Waals surface area contributed by atoms with Crippen LogP contribution < -0.4 is 0 Å². The first kappa shape index (κ1) is 65.5. The van der Waals surface area contributed by atoms with Gasteiger partial charge in [-0.2, -0.15) is 0 Å². The van der Waals surface area contributed by atoms with Crippen LogP contribution in [0.25, 0.3) is 188 Å². The highest BCUT2D eigenvalue weighted by Gasteiger charge is 2.20. The molecular weight excluding hydrogens is 1330 g/mol. The molecule has 21 aromatic rings. The summed E-state index contributed by atoms with van der Waals surface area (Å²) in [6.07, 6.45) is 0. The molecule has 0 saturated carbocycles. The van der Waals surface area contributed by atoms with Gasteiger partial charge in [-0.25, -0.2) is 0 Å². The maximum atomic E-state index is 2.41. The van der Waals surface area contributed by atoms with Crippen LogP contribution in [0.1, 0.15) is 22.3 Å². The lowest BCUT2D eigenvalue weighted by Crippen LogP contribution is -1.94. The van der Waals surface area contributed by atoms with Gasteiger partial charge in [-0.05, 0) is 263 Å². The van der Waals surface area contributed by atoms with Crippen LogP contribution in [0.15, 0.2) is 388 Å². The molecule has 0 radical (unpaired) electrons. The summed E-state index contributed by atoms with van der Waals surface area (Å²) in [6.45, 7) is 8.70. The van der Waals surface area contributed by atoms with Crippen LogP contribution in [0, 0.1) is 27.7 Å². The van der Waals surface area contributed by atoms with Gasteiger partial charge in [0.05, 0.1) is 44.1 Å². The standard InChI is InChI=1S/C58H44N2.C48H32N2/c1-37-10-26-55-51(30-37)52-31-38(2)11-27-56(52)59(55)49-22-18-44(19-23-49)47-34-46(43-16-14-42(15-17-43)41-8-6-5-7-9-41)35-48(36-47)45-20-24-50(25-21-45)60-57-28-12-39(3)32-53(57)54-33-40(4)13-29-58(54)60;1-2-12-33(13-3-1)36-30-37(34-22-26-39(27-23-34)49-45-18-8-4-14-41(45)42-15-5-9-19-46(42)49)32-38(31-36)35-24-28-40(29-25-35)50-47-20-10-6-16-43(47)44-17-7-11-21-48(44)50/h5-36H,1-4H3;1-32H. The largest absolute Gasteiger partial charge is 0.309 e. The molecule has 0 aliphatic rings. The van der Waals surface area contributed by atoms with Crippen molar-refractivity contribution in [2.45, 2.75) is 27.7 Å². The topological polar surface area (TPSA) is 19.7 Å². The number of para-hydroxylation sites is 4. The second-order valence-electron chi connectivity index (χ2n) is 29.6. The lowest BCUT2D eigenvalue weighted by molar-refractivity contribution is 1.18. The average Bonchev–Trinajstić information content (AvgIpc) is 1.66. The van der Waals surface area contributed by atoms with E-state index in [-0.39, 0.29) is 0 Å². The zero-order valence-electron chi connectivity index (χ0n) is 61.7. The molecule has 4 heterocycles. The fourth-order valence-electron chi connectivity index (χ4n) is 17.0. The van der Waals surface area contributed by atoms with Crippen LogP contribution in [0.5, 0.6) is 0 Å². The highest BCUT2D eigenvalue weighted by molar-refractivity contribution is 6.13. The van der Waals surface area contributed by atoms with Crippen LogP contribution >= 0.6 is 0 Å². The molecule has 17 aromatic carbocycles. The van der Waals surface area contributed by atoms with Gasteiger partial charge in [0.15, 0.2) is 0 Å². The molecule has 0 aliphatic carbocycles. The number of aryl methyl sites for hydroxylation is 4. The van der Waals surface area contributed by atoms with E-state index in [2.05, 4.69) is 434 Å². The Morgan fingerprint density at radius 2 is 0.300 bits per heavy atom.